The number of anilines is 3. The van der Waals surface area contributed by atoms with Gasteiger partial charge in [-0.2, -0.15) is 0 Å². The Labute approximate surface area is 398 Å². The molecule has 10 aromatic carbocycles. The fraction of sp³-hybridized carbons (Fsp3) is 0. The number of rotatable bonds is 2. The lowest BCUT2D eigenvalue weighted by atomic mass is 9.29. The van der Waals surface area contributed by atoms with Crippen molar-refractivity contribution in [2.24, 2.45) is 0 Å². The van der Waals surface area contributed by atoms with Gasteiger partial charge in [0, 0.05) is 72.5 Å². The second-order valence-corrected chi connectivity index (χ2v) is 20.1. The zero-order chi connectivity index (χ0) is 44.4. The number of ether oxygens (including phenoxy) is 2. The van der Waals surface area contributed by atoms with Crippen molar-refractivity contribution in [1.82, 2.24) is 9.13 Å². The maximum Gasteiger partial charge on any atom is 0.256 e. The molecule has 0 unspecified atom stereocenters. The van der Waals surface area contributed by atoms with Gasteiger partial charge in [-0.1, -0.05) is 133 Å². The van der Waals surface area contributed by atoms with E-state index >= 15 is 0 Å². The van der Waals surface area contributed by atoms with E-state index in [0.717, 1.165) is 88.9 Å². The van der Waals surface area contributed by atoms with Gasteiger partial charge in [-0.05, 0) is 81.3 Å². The highest BCUT2D eigenvalue weighted by molar-refractivity contribution is 8.00. The van der Waals surface area contributed by atoms with Gasteiger partial charge in [0.15, 0.2) is 5.58 Å². The van der Waals surface area contributed by atoms with Crippen molar-refractivity contribution in [3.63, 3.8) is 0 Å². The molecule has 8 heterocycles. The molecule has 0 aliphatic carbocycles. The summed E-state index contributed by atoms with van der Waals surface area (Å²) in [5.41, 5.74) is 19.4. The maximum absolute atomic E-state index is 7.37. The van der Waals surface area contributed by atoms with Gasteiger partial charge in [0.05, 0.1) is 38.3 Å². The third-order valence-corrected chi connectivity index (χ3v) is 16.9. The van der Waals surface area contributed by atoms with E-state index < -0.39 is 0 Å². The lowest BCUT2D eigenvalue weighted by molar-refractivity contribution is 0.465. The third-order valence-electron chi connectivity index (χ3n) is 15.8. The van der Waals surface area contributed by atoms with E-state index in [4.69, 9.17) is 13.9 Å². The highest BCUT2D eigenvalue weighted by Gasteiger charge is 2.53. The molecule has 18 rings (SSSR count). The number of aromatic nitrogens is 2. The molecule has 0 saturated heterocycles. The van der Waals surface area contributed by atoms with Gasteiger partial charge >= 0.3 is 0 Å². The molecule has 3 aromatic heterocycles. The first-order valence-electron chi connectivity index (χ1n) is 23.6. The summed E-state index contributed by atoms with van der Waals surface area (Å²) < 4.78 is 26.4. The molecular formula is C60H31B2N3O3S. The Morgan fingerprint density at radius 3 is 1.48 bits per heavy atom. The van der Waals surface area contributed by atoms with Crippen LogP contribution in [0.15, 0.2) is 202 Å². The van der Waals surface area contributed by atoms with E-state index in [9.17, 15) is 0 Å². The molecule has 69 heavy (non-hydrogen) atoms. The monoisotopic (exact) mass is 895 g/mol. The minimum Gasteiger partial charge on any atom is -0.458 e. The third kappa shape index (κ3) is 4.27. The second-order valence-electron chi connectivity index (χ2n) is 19.1. The number of furan rings is 1. The van der Waals surface area contributed by atoms with Crippen LogP contribution in [-0.4, -0.2) is 22.6 Å². The zero-order valence-corrected chi connectivity index (χ0v) is 37.3. The highest BCUT2D eigenvalue weighted by atomic mass is 32.2. The van der Waals surface area contributed by atoms with Crippen molar-refractivity contribution < 1.29 is 13.9 Å². The topological polar surface area (TPSA) is 44.7 Å². The van der Waals surface area contributed by atoms with Crippen molar-refractivity contribution in [3.8, 4) is 34.4 Å². The Morgan fingerprint density at radius 2 is 0.899 bits per heavy atom. The van der Waals surface area contributed by atoms with Crippen LogP contribution in [0.2, 0.25) is 0 Å². The fourth-order valence-corrected chi connectivity index (χ4v) is 14.3. The summed E-state index contributed by atoms with van der Waals surface area (Å²) in [5, 5.41) is 7.19. The average molecular weight is 896 g/mol. The minimum absolute atomic E-state index is 0.0687. The Kier molecular flexibility index (Phi) is 6.37. The van der Waals surface area contributed by atoms with Crippen LogP contribution in [0.1, 0.15) is 0 Å². The number of fused-ring (bicyclic) bond motifs is 16. The van der Waals surface area contributed by atoms with E-state index in [2.05, 4.69) is 202 Å². The van der Waals surface area contributed by atoms with Crippen LogP contribution in [0, 0.1) is 0 Å². The predicted molar refractivity (Wildman–Crippen MR) is 284 cm³/mol. The summed E-state index contributed by atoms with van der Waals surface area (Å²) in [6.07, 6.45) is 0. The van der Waals surface area contributed by atoms with Gasteiger partial charge < -0.3 is 27.9 Å². The van der Waals surface area contributed by atoms with Gasteiger partial charge in [-0.25, -0.2) is 0 Å². The largest absolute Gasteiger partial charge is 0.458 e. The van der Waals surface area contributed by atoms with Crippen molar-refractivity contribution in [3.05, 3.63) is 188 Å². The molecule has 9 heteroatoms. The van der Waals surface area contributed by atoms with Crippen molar-refractivity contribution >= 4 is 141 Å². The van der Waals surface area contributed by atoms with Gasteiger partial charge in [0.2, 0.25) is 0 Å². The minimum atomic E-state index is -0.119. The lowest BCUT2D eigenvalue weighted by Gasteiger charge is -2.49. The average Bonchev–Trinajstić information content (AvgIpc) is 4.06. The summed E-state index contributed by atoms with van der Waals surface area (Å²) in [6.45, 7) is -0.188. The Morgan fingerprint density at radius 1 is 0.377 bits per heavy atom. The lowest BCUT2D eigenvalue weighted by Crippen LogP contribution is -2.67. The molecule has 0 bridgehead atoms. The maximum atomic E-state index is 7.37. The number of hydrogen-bond donors (Lipinski definition) is 0. The van der Waals surface area contributed by atoms with Crippen LogP contribution in [-0.2, 0) is 0 Å². The molecule has 0 radical (unpaired) electrons. The Balaban J connectivity index is 0.915. The van der Waals surface area contributed by atoms with E-state index in [1.165, 1.54) is 70.7 Å². The summed E-state index contributed by atoms with van der Waals surface area (Å²) in [7, 11) is 0. The Hall–Kier alpha value is -8.52. The standard InChI is InChI=1S/C60H31B2N3O3S/c1-6-18-44-34(12-1)35-13-2-7-19-45(35)63(44)32-24-26-40-49(28-32)66-51-31-52-55-58-54(51)61(40)42-17-11-23-53-56(42)65(58)57-43(30-39-38-16-5-10-22-48(38)68-59(39)60(57)69-53)62(55)41-27-25-33(29-50(41)67-52)64-46-20-8-3-14-36(46)37-15-4-9-21-47(37)64/h1-31H. The summed E-state index contributed by atoms with van der Waals surface area (Å²) in [6, 6.07) is 68.5. The molecule has 0 fully saturated rings. The molecule has 316 valence electrons. The van der Waals surface area contributed by atoms with Gasteiger partial charge in [0.25, 0.3) is 13.4 Å². The molecule has 0 atom stereocenters. The van der Waals surface area contributed by atoms with E-state index in [1.807, 2.05) is 11.8 Å². The highest BCUT2D eigenvalue weighted by Crippen LogP contribution is 2.57. The first-order chi connectivity index (χ1) is 34.2. The SMILES string of the molecule is c1cc2c3c(c1)B1c4ccc(-n5c6ccccc6c6ccccc65)cc4Oc4cc5c6c(c41)N3c1c(cc3c(oc4ccccc43)c1S2)B6c1ccc(-n2c3ccccc3c3ccccc32)cc1O5. The molecule has 13 aromatic rings. The molecule has 5 aliphatic rings. The van der Waals surface area contributed by atoms with Gasteiger partial charge in [0.1, 0.15) is 28.6 Å². The van der Waals surface area contributed by atoms with Gasteiger partial charge in [-0.3, -0.25) is 0 Å². The van der Waals surface area contributed by atoms with Crippen LogP contribution in [0.5, 0.6) is 23.0 Å². The second kappa shape index (κ2) is 12.3. The summed E-state index contributed by atoms with van der Waals surface area (Å²) in [4.78, 5) is 4.92. The number of hydrogen-bond acceptors (Lipinski definition) is 5. The number of para-hydroxylation sites is 6. The normalized spacial score (nSPS) is 14.2. The number of benzene rings is 10. The van der Waals surface area contributed by atoms with Crippen molar-refractivity contribution in [1.29, 1.82) is 0 Å². The molecule has 5 aliphatic heterocycles. The predicted octanol–water partition coefficient (Wildman–Crippen LogP) is 11.6. The molecule has 0 saturated carbocycles. The van der Waals surface area contributed by atoms with Crippen LogP contribution in [0.4, 0.5) is 17.1 Å². The van der Waals surface area contributed by atoms with E-state index in [-0.39, 0.29) is 13.4 Å². The van der Waals surface area contributed by atoms with Crippen LogP contribution >= 0.6 is 11.8 Å². The smallest absolute Gasteiger partial charge is 0.256 e. The first-order valence-corrected chi connectivity index (χ1v) is 24.5. The molecule has 0 N–H and O–H groups in total. The van der Waals surface area contributed by atoms with Crippen LogP contribution in [0.3, 0.4) is 0 Å². The van der Waals surface area contributed by atoms with Gasteiger partial charge in [-0.15, -0.1) is 0 Å². The molecule has 0 amide bonds. The van der Waals surface area contributed by atoms with Crippen LogP contribution in [0.25, 0.3) is 76.9 Å². The zero-order valence-electron chi connectivity index (χ0n) is 36.5. The number of nitrogens with zero attached hydrogens (tertiary/aromatic N) is 3. The molecule has 6 nitrogen and oxygen atoms in total. The quantitative estimate of drug-likeness (QED) is 0.162. The van der Waals surface area contributed by atoms with E-state index in [0.29, 0.717) is 0 Å². The molecular weight excluding hydrogens is 864 g/mol. The van der Waals surface area contributed by atoms with Crippen molar-refractivity contribution in [2.45, 2.75) is 9.79 Å². The van der Waals surface area contributed by atoms with Crippen LogP contribution < -0.4 is 47.2 Å². The van der Waals surface area contributed by atoms with E-state index in [1.54, 1.807) is 0 Å². The first kappa shape index (κ1) is 35.6. The summed E-state index contributed by atoms with van der Waals surface area (Å²) >= 11 is 1.85. The van der Waals surface area contributed by atoms with Crippen molar-refractivity contribution in [2.75, 3.05) is 4.90 Å². The fourth-order valence-electron chi connectivity index (χ4n) is 13.1. The summed E-state index contributed by atoms with van der Waals surface area (Å²) in [5.74, 6) is 3.35. The molecule has 0 spiro atoms. The Bertz CT molecular complexity index is 4480.